The molecule has 5 heteroatoms. The third kappa shape index (κ3) is 2.95. The Labute approximate surface area is 96.1 Å². The second-order valence-corrected chi connectivity index (χ2v) is 5.48. The van der Waals surface area contributed by atoms with E-state index >= 15 is 0 Å². The van der Waals surface area contributed by atoms with Gasteiger partial charge in [0.1, 0.15) is 0 Å². The number of halogens is 1. The van der Waals surface area contributed by atoms with Gasteiger partial charge >= 0.3 is 0 Å². The molecule has 1 unspecified atom stereocenters. The highest BCUT2D eigenvalue weighted by Crippen LogP contribution is 2.30. The zero-order chi connectivity index (χ0) is 10.6. The van der Waals surface area contributed by atoms with Crippen LogP contribution in [0.4, 0.5) is 5.00 Å². The van der Waals surface area contributed by atoms with Crippen molar-refractivity contribution in [2.75, 3.05) is 25.2 Å². The van der Waals surface area contributed by atoms with Crippen LogP contribution in [0.5, 0.6) is 0 Å². The summed E-state index contributed by atoms with van der Waals surface area (Å²) in [5.74, 6) is 0. The number of hydrogen-bond donors (Lipinski definition) is 2. The largest absolute Gasteiger partial charge is 0.396 e. The monoisotopic (exact) mass is 279 g/mol. The summed E-state index contributed by atoms with van der Waals surface area (Å²) < 4.78 is 1.07. The Morgan fingerprint density at radius 1 is 1.50 bits per heavy atom. The molecule has 0 amide bonds. The first-order valence-corrected chi connectivity index (χ1v) is 6.00. The van der Waals surface area contributed by atoms with Gasteiger partial charge in [0.05, 0.1) is 21.4 Å². The van der Waals surface area contributed by atoms with Crippen LogP contribution < -0.4 is 4.90 Å². The minimum absolute atomic E-state index is 0.00875. The van der Waals surface area contributed by atoms with Crippen molar-refractivity contribution in [2.24, 2.45) is 0 Å². The second kappa shape index (κ2) is 5.70. The number of nitrogens with zero attached hydrogens (tertiary/aromatic N) is 1. The Morgan fingerprint density at radius 3 is 2.64 bits per heavy atom. The smallest absolute Gasteiger partial charge is 0.0921 e. The van der Waals surface area contributed by atoms with E-state index in [-0.39, 0.29) is 19.3 Å². The summed E-state index contributed by atoms with van der Waals surface area (Å²) in [6.07, 6.45) is 0.586. The molecule has 0 spiro atoms. The predicted octanol–water partition coefficient (Wildman–Crippen LogP) is 1.69. The summed E-state index contributed by atoms with van der Waals surface area (Å²) in [6, 6.07) is 3.96. The van der Waals surface area contributed by atoms with E-state index in [4.69, 9.17) is 10.2 Å². The standard InChI is InChI=1S/C9H14BrNO2S/c1-11(7(6-13)4-5-12)9-3-2-8(10)14-9/h2-3,7,12-13H,4-6H2,1H3. The van der Waals surface area contributed by atoms with Crippen LogP contribution in [0.1, 0.15) is 6.42 Å². The van der Waals surface area contributed by atoms with E-state index in [1.165, 1.54) is 0 Å². The van der Waals surface area contributed by atoms with Gasteiger partial charge in [-0.2, -0.15) is 0 Å². The SMILES string of the molecule is CN(c1ccc(Br)s1)C(CO)CCO. The van der Waals surface area contributed by atoms with Gasteiger partial charge in [0, 0.05) is 13.7 Å². The lowest BCUT2D eigenvalue weighted by molar-refractivity contribution is 0.218. The number of anilines is 1. The molecule has 1 aromatic rings. The molecule has 0 saturated carbocycles. The lowest BCUT2D eigenvalue weighted by Crippen LogP contribution is -2.34. The van der Waals surface area contributed by atoms with E-state index in [0.717, 1.165) is 8.79 Å². The highest BCUT2D eigenvalue weighted by molar-refractivity contribution is 9.11. The number of likely N-dealkylation sites (N-methyl/N-ethyl adjacent to an activating group) is 1. The van der Waals surface area contributed by atoms with Crippen LogP contribution in [0.3, 0.4) is 0 Å². The second-order valence-electron chi connectivity index (χ2n) is 3.04. The highest BCUT2D eigenvalue weighted by Gasteiger charge is 2.14. The molecular weight excluding hydrogens is 266 g/mol. The predicted molar refractivity (Wildman–Crippen MR) is 63.0 cm³/mol. The summed E-state index contributed by atoms with van der Waals surface area (Å²) in [5.41, 5.74) is 0. The van der Waals surface area contributed by atoms with Crippen molar-refractivity contribution >= 4 is 32.3 Å². The number of aliphatic hydroxyl groups excluding tert-OH is 2. The Morgan fingerprint density at radius 2 is 2.21 bits per heavy atom. The van der Waals surface area contributed by atoms with E-state index < -0.39 is 0 Å². The molecule has 1 heterocycles. The summed E-state index contributed by atoms with van der Waals surface area (Å²) >= 11 is 5.01. The van der Waals surface area contributed by atoms with Crippen LogP contribution in [-0.2, 0) is 0 Å². The molecule has 1 rings (SSSR count). The molecule has 1 aromatic heterocycles. The van der Waals surface area contributed by atoms with Crippen LogP contribution >= 0.6 is 27.3 Å². The van der Waals surface area contributed by atoms with E-state index in [1.54, 1.807) is 11.3 Å². The van der Waals surface area contributed by atoms with Crippen molar-refractivity contribution < 1.29 is 10.2 Å². The van der Waals surface area contributed by atoms with Gasteiger partial charge < -0.3 is 15.1 Å². The van der Waals surface area contributed by atoms with Gasteiger partial charge in [0.25, 0.3) is 0 Å². The minimum atomic E-state index is -0.00875. The van der Waals surface area contributed by atoms with Gasteiger partial charge in [-0.25, -0.2) is 0 Å². The normalized spacial score (nSPS) is 12.9. The fraction of sp³-hybridized carbons (Fsp3) is 0.556. The molecular formula is C9H14BrNO2S. The van der Waals surface area contributed by atoms with E-state index in [9.17, 15) is 0 Å². The molecule has 0 bridgehead atoms. The van der Waals surface area contributed by atoms with Gasteiger partial charge in [0.15, 0.2) is 0 Å². The van der Waals surface area contributed by atoms with Crippen LogP contribution in [0, 0.1) is 0 Å². The lowest BCUT2D eigenvalue weighted by atomic mass is 10.2. The Hall–Kier alpha value is -0.100. The summed E-state index contributed by atoms with van der Waals surface area (Å²) in [5, 5.41) is 19.0. The highest BCUT2D eigenvalue weighted by atomic mass is 79.9. The topological polar surface area (TPSA) is 43.7 Å². The van der Waals surface area contributed by atoms with E-state index in [2.05, 4.69) is 15.9 Å². The molecule has 0 aromatic carbocycles. The van der Waals surface area contributed by atoms with Gasteiger partial charge in [-0.15, -0.1) is 11.3 Å². The third-order valence-electron chi connectivity index (χ3n) is 2.13. The van der Waals surface area contributed by atoms with Gasteiger partial charge in [-0.1, -0.05) is 0 Å². The van der Waals surface area contributed by atoms with Crippen molar-refractivity contribution in [1.82, 2.24) is 0 Å². The molecule has 0 fully saturated rings. The zero-order valence-corrected chi connectivity index (χ0v) is 10.4. The quantitative estimate of drug-likeness (QED) is 0.862. The first-order valence-electron chi connectivity index (χ1n) is 4.39. The third-order valence-corrected chi connectivity index (χ3v) is 3.84. The molecule has 1 atom stereocenters. The number of thiophene rings is 1. The minimum Gasteiger partial charge on any atom is -0.396 e. The van der Waals surface area contributed by atoms with Crippen LogP contribution in [0.15, 0.2) is 15.9 Å². The van der Waals surface area contributed by atoms with Crippen molar-refractivity contribution in [3.05, 3.63) is 15.9 Å². The van der Waals surface area contributed by atoms with E-state index in [0.29, 0.717) is 6.42 Å². The maximum atomic E-state index is 9.14. The summed E-state index contributed by atoms with van der Waals surface area (Å²) in [6.45, 7) is 0.161. The van der Waals surface area contributed by atoms with Crippen LogP contribution in [0.25, 0.3) is 0 Å². The number of hydrogen-bond acceptors (Lipinski definition) is 4. The van der Waals surface area contributed by atoms with Crippen molar-refractivity contribution in [3.8, 4) is 0 Å². The van der Waals surface area contributed by atoms with Crippen LogP contribution in [-0.4, -0.2) is 36.5 Å². The zero-order valence-electron chi connectivity index (χ0n) is 7.98. The number of rotatable bonds is 5. The molecule has 2 N–H and O–H groups in total. The fourth-order valence-corrected chi connectivity index (χ4v) is 2.63. The first-order chi connectivity index (χ1) is 6.69. The Balaban J connectivity index is 2.66. The lowest BCUT2D eigenvalue weighted by Gasteiger charge is -2.26. The molecule has 14 heavy (non-hydrogen) atoms. The van der Waals surface area contributed by atoms with Crippen molar-refractivity contribution in [3.63, 3.8) is 0 Å². The molecule has 0 aliphatic carbocycles. The maximum absolute atomic E-state index is 9.14. The van der Waals surface area contributed by atoms with E-state index in [1.807, 2.05) is 24.1 Å². The molecule has 80 valence electrons. The van der Waals surface area contributed by atoms with Crippen molar-refractivity contribution in [2.45, 2.75) is 12.5 Å². The summed E-state index contributed by atoms with van der Waals surface area (Å²) in [7, 11) is 1.93. The average molecular weight is 280 g/mol. The van der Waals surface area contributed by atoms with Crippen molar-refractivity contribution in [1.29, 1.82) is 0 Å². The fourth-order valence-electron chi connectivity index (χ4n) is 1.23. The molecule has 3 nitrogen and oxygen atoms in total. The maximum Gasteiger partial charge on any atom is 0.0921 e. The van der Waals surface area contributed by atoms with Gasteiger partial charge in [-0.3, -0.25) is 0 Å². The number of aliphatic hydroxyl groups is 2. The molecule has 0 radical (unpaired) electrons. The Bertz CT molecular complexity index is 280. The molecule has 0 aliphatic rings. The first kappa shape index (κ1) is 12.0. The van der Waals surface area contributed by atoms with Gasteiger partial charge in [0.2, 0.25) is 0 Å². The van der Waals surface area contributed by atoms with Gasteiger partial charge in [-0.05, 0) is 34.5 Å². The molecule has 0 aliphatic heterocycles. The molecule has 0 saturated heterocycles. The Kier molecular flexibility index (Phi) is 4.88. The van der Waals surface area contributed by atoms with Crippen LogP contribution in [0.2, 0.25) is 0 Å². The average Bonchev–Trinajstić information content (AvgIpc) is 2.60. The summed E-state index contributed by atoms with van der Waals surface area (Å²) in [4.78, 5) is 1.99.